The molecule has 0 radical (unpaired) electrons. The van der Waals surface area contributed by atoms with Crippen LogP contribution in [0.25, 0.3) is 0 Å². The Morgan fingerprint density at radius 3 is 2.48 bits per heavy atom. The number of rotatable bonds is 4. The second-order valence-electron chi connectivity index (χ2n) is 7.08. The summed E-state index contributed by atoms with van der Waals surface area (Å²) in [6, 6.07) is -0.419. The number of likely N-dealkylation sites (tertiary alicyclic amines) is 1. The van der Waals surface area contributed by atoms with E-state index < -0.39 is 17.7 Å². The maximum Gasteiger partial charge on any atom is 0.410 e. The minimum absolute atomic E-state index is 0.0907. The van der Waals surface area contributed by atoms with Gasteiger partial charge >= 0.3 is 6.09 Å². The van der Waals surface area contributed by atoms with Crippen LogP contribution in [0.3, 0.4) is 0 Å². The molecule has 122 valence electrons. The van der Waals surface area contributed by atoms with Crippen molar-refractivity contribution >= 4 is 12.0 Å². The lowest BCUT2D eigenvalue weighted by Crippen LogP contribution is -2.48. The summed E-state index contributed by atoms with van der Waals surface area (Å²) in [7, 11) is 3.91. The molecule has 21 heavy (non-hydrogen) atoms. The summed E-state index contributed by atoms with van der Waals surface area (Å²) in [5.74, 6) is 0.217. The first kappa shape index (κ1) is 17.8. The molecule has 1 aliphatic heterocycles. The molecular weight excluding hydrogens is 270 g/mol. The summed E-state index contributed by atoms with van der Waals surface area (Å²) in [5, 5.41) is 2.89. The van der Waals surface area contributed by atoms with Crippen molar-refractivity contribution < 1.29 is 14.3 Å². The smallest absolute Gasteiger partial charge is 0.410 e. The summed E-state index contributed by atoms with van der Waals surface area (Å²) in [6.07, 6.45) is 0.284. The van der Waals surface area contributed by atoms with Crippen LogP contribution in [0.4, 0.5) is 4.79 Å². The minimum Gasteiger partial charge on any atom is -0.444 e. The summed E-state index contributed by atoms with van der Waals surface area (Å²) in [5.41, 5.74) is -0.547. The van der Waals surface area contributed by atoms with Crippen LogP contribution >= 0.6 is 0 Å². The number of carbonyl (C=O) groups excluding carboxylic acids is 2. The van der Waals surface area contributed by atoms with E-state index in [2.05, 4.69) is 5.32 Å². The fraction of sp³-hybridized carbons (Fsp3) is 0.867. The van der Waals surface area contributed by atoms with E-state index in [9.17, 15) is 9.59 Å². The van der Waals surface area contributed by atoms with Gasteiger partial charge < -0.3 is 15.0 Å². The Balaban J connectivity index is 2.61. The normalized spacial score (nSPS) is 22.5. The average Bonchev–Trinajstić information content (AvgIpc) is 2.68. The number of hydrogen-bond donors (Lipinski definition) is 1. The third-order valence-electron chi connectivity index (χ3n) is 3.30. The van der Waals surface area contributed by atoms with Gasteiger partial charge in [-0.25, -0.2) is 4.79 Å². The molecule has 0 aromatic rings. The van der Waals surface area contributed by atoms with Crippen molar-refractivity contribution in [2.24, 2.45) is 5.92 Å². The predicted molar refractivity (Wildman–Crippen MR) is 82.1 cm³/mol. The van der Waals surface area contributed by atoms with E-state index in [0.29, 0.717) is 25.4 Å². The van der Waals surface area contributed by atoms with Crippen molar-refractivity contribution in [1.82, 2.24) is 15.1 Å². The Bertz CT molecular complexity index is 377. The molecule has 0 unspecified atom stereocenters. The SMILES string of the molecule is C[C@H]1C[C@@H](C(=O)NCCN(C)C)N(C(=O)OC(C)(C)C)C1. The lowest BCUT2D eigenvalue weighted by molar-refractivity contribution is -0.125. The molecule has 1 fully saturated rings. The van der Waals surface area contributed by atoms with Gasteiger partial charge in [0.1, 0.15) is 11.6 Å². The van der Waals surface area contributed by atoms with Crippen molar-refractivity contribution in [2.45, 2.75) is 45.8 Å². The molecule has 6 heteroatoms. The van der Waals surface area contributed by atoms with Gasteiger partial charge in [-0.05, 0) is 47.2 Å². The second-order valence-corrected chi connectivity index (χ2v) is 7.08. The largest absolute Gasteiger partial charge is 0.444 e. The molecule has 0 bridgehead atoms. The molecular formula is C15H29N3O3. The van der Waals surface area contributed by atoms with Gasteiger partial charge in [0.2, 0.25) is 5.91 Å². The molecule has 1 N–H and O–H groups in total. The van der Waals surface area contributed by atoms with Crippen LogP contribution < -0.4 is 5.32 Å². The summed E-state index contributed by atoms with van der Waals surface area (Å²) in [4.78, 5) is 28.1. The van der Waals surface area contributed by atoms with Gasteiger partial charge in [-0.3, -0.25) is 9.69 Å². The number of likely N-dealkylation sites (N-methyl/N-ethyl adjacent to an activating group) is 1. The highest BCUT2D eigenvalue weighted by molar-refractivity contribution is 5.86. The monoisotopic (exact) mass is 299 g/mol. The van der Waals surface area contributed by atoms with Crippen molar-refractivity contribution in [3.63, 3.8) is 0 Å². The fourth-order valence-corrected chi connectivity index (χ4v) is 2.34. The van der Waals surface area contributed by atoms with Gasteiger partial charge in [-0.1, -0.05) is 6.92 Å². The lowest BCUT2D eigenvalue weighted by atomic mass is 10.1. The maximum atomic E-state index is 12.3. The standard InChI is InChI=1S/C15H29N3O3/c1-11-9-12(13(19)16-7-8-17(5)6)18(10-11)14(20)21-15(2,3)4/h11-12H,7-10H2,1-6H3,(H,16,19)/t11-,12-/m0/s1. The van der Waals surface area contributed by atoms with E-state index >= 15 is 0 Å². The Hall–Kier alpha value is -1.30. The van der Waals surface area contributed by atoms with Crippen LogP contribution in [-0.4, -0.2) is 67.2 Å². The average molecular weight is 299 g/mol. The molecule has 0 aliphatic carbocycles. The van der Waals surface area contributed by atoms with Crippen LogP contribution in [0.2, 0.25) is 0 Å². The number of carbonyl (C=O) groups is 2. The number of hydrogen-bond acceptors (Lipinski definition) is 4. The molecule has 2 atom stereocenters. The Morgan fingerprint density at radius 1 is 1.33 bits per heavy atom. The first-order valence-electron chi connectivity index (χ1n) is 7.52. The van der Waals surface area contributed by atoms with Gasteiger partial charge in [0.05, 0.1) is 0 Å². The van der Waals surface area contributed by atoms with E-state index in [4.69, 9.17) is 4.74 Å². The van der Waals surface area contributed by atoms with Crippen LogP contribution in [-0.2, 0) is 9.53 Å². The second kappa shape index (κ2) is 7.11. The van der Waals surface area contributed by atoms with Crippen molar-refractivity contribution in [3.05, 3.63) is 0 Å². The predicted octanol–water partition coefficient (Wildman–Crippen LogP) is 1.31. The molecule has 6 nitrogen and oxygen atoms in total. The molecule has 0 spiro atoms. The van der Waals surface area contributed by atoms with E-state index in [-0.39, 0.29) is 5.91 Å². The first-order chi connectivity index (χ1) is 9.60. The van der Waals surface area contributed by atoms with Crippen molar-refractivity contribution in [1.29, 1.82) is 0 Å². The van der Waals surface area contributed by atoms with Gasteiger partial charge in [-0.15, -0.1) is 0 Å². The topological polar surface area (TPSA) is 61.9 Å². The van der Waals surface area contributed by atoms with Gasteiger partial charge in [0, 0.05) is 19.6 Å². The summed E-state index contributed by atoms with van der Waals surface area (Å²) < 4.78 is 5.39. The highest BCUT2D eigenvalue weighted by atomic mass is 16.6. The highest BCUT2D eigenvalue weighted by Crippen LogP contribution is 2.25. The van der Waals surface area contributed by atoms with Gasteiger partial charge in [-0.2, -0.15) is 0 Å². The lowest BCUT2D eigenvalue weighted by Gasteiger charge is -2.28. The molecule has 0 aromatic heterocycles. The Morgan fingerprint density at radius 2 is 1.95 bits per heavy atom. The molecule has 0 aromatic carbocycles. The van der Waals surface area contributed by atoms with Gasteiger partial charge in [0.25, 0.3) is 0 Å². The third-order valence-corrected chi connectivity index (χ3v) is 3.30. The zero-order valence-corrected chi connectivity index (χ0v) is 14.1. The van der Waals surface area contributed by atoms with Crippen molar-refractivity contribution in [3.8, 4) is 0 Å². The maximum absolute atomic E-state index is 12.3. The zero-order chi connectivity index (χ0) is 16.2. The quantitative estimate of drug-likeness (QED) is 0.850. The van der Waals surface area contributed by atoms with E-state index in [1.54, 1.807) is 4.90 Å². The number of amides is 2. The zero-order valence-electron chi connectivity index (χ0n) is 14.1. The fourth-order valence-electron chi connectivity index (χ4n) is 2.34. The summed E-state index contributed by atoms with van der Waals surface area (Å²) >= 11 is 0. The van der Waals surface area contributed by atoms with E-state index in [1.807, 2.05) is 46.7 Å². The minimum atomic E-state index is -0.547. The molecule has 1 saturated heterocycles. The first-order valence-corrected chi connectivity index (χ1v) is 7.52. The van der Waals surface area contributed by atoms with Crippen LogP contribution in [0, 0.1) is 5.92 Å². The molecule has 1 heterocycles. The number of nitrogens with zero attached hydrogens (tertiary/aromatic N) is 2. The van der Waals surface area contributed by atoms with Crippen LogP contribution in [0.15, 0.2) is 0 Å². The van der Waals surface area contributed by atoms with Crippen LogP contribution in [0.5, 0.6) is 0 Å². The van der Waals surface area contributed by atoms with Gasteiger partial charge in [0.15, 0.2) is 0 Å². The molecule has 2 amide bonds. The molecule has 1 rings (SSSR count). The Kier molecular flexibility index (Phi) is 6.01. The van der Waals surface area contributed by atoms with E-state index in [1.165, 1.54) is 0 Å². The molecule has 0 saturated carbocycles. The highest BCUT2D eigenvalue weighted by Gasteiger charge is 2.39. The third kappa shape index (κ3) is 5.91. The number of nitrogens with one attached hydrogen (secondary N) is 1. The molecule has 1 aliphatic rings. The summed E-state index contributed by atoms with van der Waals surface area (Å²) in [6.45, 7) is 9.47. The number of ether oxygens (including phenoxy) is 1. The van der Waals surface area contributed by atoms with Crippen molar-refractivity contribution in [2.75, 3.05) is 33.7 Å². The Labute approximate surface area is 127 Å². The van der Waals surface area contributed by atoms with Crippen LogP contribution in [0.1, 0.15) is 34.1 Å². The van der Waals surface area contributed by atoms with E-state index in [0.717, 1.165) is 6.54 Å².